The molecule has 0 amide bonds. The Morgan fingerprint density at radius 1 is 0.250 bits per heavy atom. The van der Waals surface area contributed by atoms with Gasteiger partial charge in [-0.3, -0.25) is 47.9 Å². The van der Waals surface area contributed by atoms with Crippen molar-refractivity contribution in [1.29, 1.82) is 0 Å². The Balaban J connectivity index is -0.0000000291. The highest BCUT2D eigenvalue weighted by molar-refractivity contribution is 5.67. The molecular weight excluding hydrogens is 716 g/mol. The number of carbonyl (C=O) groups is 10. The number of carboxylic acids is 4. The molecule has 0 bridgehead atoms. The fourth-order valence-corrected chi connectivity index (χ4v) is 0. The molecule has 23 nitrogen and oxygen atoms in total. The van der Waals surface area contributed by atoms with Crippen molar-refractivity contribution in [3.8, 4) is 0 Å². The molecule has 23 heteroatoms. The van der Waals surface area contributed by atoms with E-state index in [2.05, 4.69) is 28.4 Å². The SMILES string of the molecule is CC(=O)O.CC(=O)O.CC(=O)O.CC(=O)O.CO.CO.CO.COC(C)=O.COC(C)=O.COC(C)=O.COC(C)=O.COC(C)=O.COC(C)=O. The summed E-state index contributed by atoms with van der Waals surface area (Å²) in [6.45, 7) is 12.5. The normalized spacial score (nSPS) is 6.19. The zero-order valence-electron chi connectivity index (χ0n) is 33.7. The molecule has 0 heterocycles. The molecule has 0 aliphatic rings. The zero-order valence-corrected chi connectivity index (χ0v) is 33.7. The van der Waals surface area contributed by atoms with Crippen LogP contribution in [0, 0.1) is 0 Å². The van der Waals surface area contributed by atoms with Crippen molar-refractivity contribution in [2.75, 3.05) is 64.0 Å². The number of esters is 6. The maximum absolute atomic E-state index is 9.59. The zero-order chi connectivity index (χ0) is 46.0. The van der Waals surface area contributed by atoms with Crippen LogP contribution in [-0.2, 0) is 76.4 Å². The first-order valence-corrected chi connectivity index (χ1v) is 13.0. The van der Waals surface area contributed by atoms with Crippen molar-refractivity contribution in [1.82, 2.24) is 0 Å². The van der Waals surface area contributed by atoms with Crippen LogP contribution in [0.25, 0.3) is 0 Å². The number of hydrogen-bond acceptors (Lipinski definition) is 19. The molecule has 0 atom stereocenters. The monoisotopic (exact) mass is 780 g/mol. The number of methoxy groups -OCH3 is 6. The molecule has 0 rings (SSSR count). The molecule has 0 aromatic heterocycles. The van der Waals surface area contributed by atoms with Gasteiger partial charge in [-0.25, -0.2) is 0 Å². The summed E-state index contributed by atoms with van der Waals surface area (Å²) in [5, 5.41) is 50.7. The Hall–Kier alpha value is -5.42. The Morgan fingerprint density at radius 2 is 0.269 bits per heavy atom. The van der Waals surface area contributed by atoms with Crippen molar-refractivity contribution in [3.63, 3.8) is 0 Å². The smallest absolute Gasteiger partial charge is 0.302 e. The molecule has 0 aromatic rings. The van der Waals surface area contributed by atoms with Crippen LogP contribution < -0.4 is 0 Å². The number of aliphatic hydroxyl groups excluding tert-OH is 3. The van der Waals surface area contributed by atoms with Gasteiger partial charge in [0.15, 0.2) is 0 Å². The molecular formula is C29H64O23. The standard InChI is InChI=1S/6C3H6O2.4C2H4O2.3CH4O/c6*1-3(4)5-2;4*1-2(3)4;3*1-2/h6*1-2H3;4*1H3,(H,3,4);3*2H,1H3. The van der Waals surface area contributed by atoms with E-state index in [0.29, 0.717) is 0 Å². The first-order valence-electron chi connectivity index (χ1n) is 13.0. The van der Waals surface area contributed by atoms with Gasteiger partial charge in [0, 0.05) is 90.6 Å². The van der Waals surface area contributed by atoms with E-state index in [-0.39, 0.29) is 35.8 Å². The summed E-state index contributed by atoms with van der Waals surface area (Å²) in [5.41, 5.74) is 0. The lowest BCUT2D eigenvalue weighted by Crippen LogP contribution is -1.88. The molecule has 0 unspecified atom stereocenters. The molecule has 0 saturated carbocycles. The number of carbonyl (C=O) groups excluding carboxylic acids is 6. The number of aliphatic carboxylic acids is 4. The van der Waals surface area contributed by atoms with Crippen LogP contribution in [0.2, 0.25) is 0 Å². The lowest BCUT2D eigenvalue weighted by Gasteiger charge is -1.80. The van der Waals surface area contributed by atoms with Crippen LogP contribution in [0.15, 0.2) is 0 Å². The van der Waals surface area contributed by atoms with Gasteiger partial charge in [-0.15, -0.1) is 0 Å². The minimum Gasteiger partial charge on any atom is -0.481 e. The summed E-state index contributed by atoms with van der Waals surface area (Å²) < 4.78 is 24.7. The van der Waals surface area contributed by atoms with Gasteiger partial charge < -0.3 is 64.2 Å². The molecule has 318 valence electrons. The molecule has 0 aromatic carbocycles. The van der Waals surface area contributed by atoms with Crippen LogP contribution in [0.3, 0.4) is 0 Å². The van der Waals surface area contributed by atoms with Gasteiger partial charge in [-0.05, 0) is 0 Å². The van der Waals surface area contributed by atoms with E-state index in [9.17, 15) is 28.8 Å². The Kier molecular flexibility index (Phi) is 160. The fraction of sp³-hybridized carbons (Fsp3) is 0.655. The van der Waals surface area contributed by atoms with E-state index in [1.807, 2.05) is 0 Å². The predicted octanol–water partition coefficient (Wildman–Crippen LogP) is 0.265. The third kappa shape index (κ3) is 1960. The molecule has 0 saturated heterocycles. The maximum Gasteiger partial charge on any atom is 0.302 e. The van der Waals surface area contributed by atoms with Gasteiger partial charge >= 0.3 is 35.8 Å². The van der Waals surface area contributed by atoms with Crippen molar-refractivity contribution in [3.05, 3.63) is 0 Å². The van der Waals surface area contributed by atoms with Crippen LogP contribution >= 0.6 is 0 Å². The highest BCUT2D eigenvalue weighted by Gasteiger charge is 1.78. The minimum absolute atomic E-state index is 0.245. The van der Waals surface area contributed by atoms with Crippen molar-refractivity contribution in [2.24, 2.45) is 0 Å². The summed E-state index contributed by atoms with van der Waals surface area (Å²) in [6.07, 6.45) is 0. The third-order valence-corrected chi connectivity index (χ3v) is 1.72. The largest absolute Gasteiger partial charge is 0.481 e. The average Bonchev–Trinajstić information content (AvgIpc) is 3.04. The van der Waals surface area contributed by atoms with Crippen molar-refractivity contribution >= 4 is 59.7 Å². The van der Waals surface area contributed by atoms with Gasteiger partial charge in [0.2, 0.25) is 0 Å². The predicted molar refractivity (Wildman–Crippen MR) is 184 cm³/mol. The molecule has 0 fully saturated rings. The highest BCUT2D eigenvalue weighted by atomic mass is 16.5. The van der Waals surface area contributed by atoms with Gasteiger partial charge in [0.05, 0.1) is 42.7 Å². The van der Waals surface area contributed by atoms with Crippen LogP contribution in [-0.4, -0.2) is 159 Å². The third-order valence-electron chi connectivity index (χ3n) is 1.72. The van der Waals surface area contributed by atoms with Crippen LogP contribution in [0.4, 0.5) is 0 Å². The van der Waals surface area contributed by atoms with E-state index in [1.54, 1.807) is 0 Å². The summed E-state index contributed by atoms with van der Waals surface area (Å²) in [5.74, 6) is -4.81. The molecule has 7 N–H and O–H groups in total. The van der Waals surface area contributed by atoms with Crippen molar-refractivity contribution < 1.29 is 112 Å². The van der Waals surface area contributed by atoms with E-state index in [1.165, 1.54) is 84.2 Å². The number of carboxylic acid groups (broad SMARTS) is 4. The summed E-state index contributed by atoms with van der Waals surface area (Å²) in [4.78, 5) is 93.5. The first-order chi connectivity index (χ1) is 23.5. The molecule has 0 aliphatic carbocycles. The summed E-state index contributed by atoms with van der Waals surface area (Å²) in [6, 6.07) is 0. The Labute approximate surface area is 305 Å². The van der Waals surface area contributed by atoms with E-state index in [0.717, 1.165) is 49.0 Å². The quantitative estimate of drug-likeness (QED) is 0.128. The van der Waals surface area contributed by atoms with E-state index >= 15 is 0 Å². The Morgan fingerprint density at radius 3 is 0.269 bits per heavy atom. The molecule has 52 heavy (non-hydrogen) atoms. The number of aliphatic hydroxyl groups is 3. The number of rotatable bonds is 0. The summed E-state index contributed by atoms with van der Waals surface area (Å²) >= 11 is 0. The minimum atomic E-state index is -0.833. The first kappa shape index (κ1) is 85.8. The molecule has 0 aliphatic heterocycles. The summed E-state index contributed by atoms with van der Waals surface area (Å²) in [7, 11) is 11.1. The highest BCUT2D eigenvalue weighted by Crippen LogP contribution is 1.62. The topological polar surface area (TPSA) is 368 Å². The van der Waals surface area contributed by atoms with Crippen molar-refractivity contribution in [2.45, 2.75) is 69.2 Å². The number of hydrogen-bond donors (Lipinski definition) is 7. The Bertz CT molecular complexity index is 637. The second-order valence-electron chi connectivity index (χ2n) is 6.25. The maximum atomic E-state index is 9.59. The lowest BCUT2D eigenvalue weighted by atomic mass is 10.8. The van der Waals surface area contributed by atoms with Crippen LogP contribution in [0.5, 0.6) is 0 Å². The molecule has 0 radical (unpaired) electrons. The lowest BCUT2D eigenvalue weighted by molar-refractivity contribution is -0.138. The average molecular weight is 781 g/mol. The van der Waals surface area contributed by atoms with E-state index < -0.39 is 23.9 Å². The van der Waals surface area contributed by atoms with Gasteiger partial charge in [-0.2, -0.15) is 0 Å². The van der Waals surface area contributed by atoms with Crippen LogP contribution in [0.1, 0.15) is 69.2 Å². The van der Waals surface area contributed by atoms with Gasteiger partial charge in [-0.1, -0.05) is 0 Å². The fourth-order valence-electron chi connectivity index (χ4n) is 0. The molecule has 0 spiro atoms. The van der Waals surface area contributed by atoms with E-state index in [4.69, 9.17) is 54.9 Å². The van der Waals surface area contributed by atoms with Gasteiger partial charge in [0.1, 0.15) is 0 Å². The second-order valence-corrected chi connectivity index (χ2v) is 6.25. The second kappa shape index (κ2) is 96.9. The number of ether oxygens (including phenoxy) is 6. The van der Waals surface area contributed by atoms with Gasteiger partial charge in [0.25, 0.3) is 23.9 Å².